The minimum atomic E-state index is -2.93. The number of ether oxygens (including phenoxy) is 1. The molecule has 2 aromatic rings. The number of halogens is 2. The molecule has 1 aliphatic heterocycles. The Labute approximate surface area is 158 Å². The SMILES string of the molecule is CCC(=O)C1=C(c2ccc(OC(F)F)cc2)N(C(=O)CC)n2cnnc2S1. The number of allylic oxidation sites excluding steroid dienone is 1. The number of amides is 1. The first-order valence-corrected chi connectivity index (χ1v) is 9.01. The summed E-state index contributed by atoms with van der Waals surface area (Å²) in [7, 11) is 0. The van der Waals surface area contributed by atoms with Crippen molar-refractivity contribution in [3.8, 4) is 5.75 Å². The van der Waals surface area contributed by atoms with Gasteiger partial charge in [0.2, 0.25) is 11.1 Å². The summed E-state index contributed by atoms with van der Waals surface area (Å²) in [5.41, 5.74) is 0.886. The molecule has 0 bridgehead atoms. The van der Waals surface area contributed by atoms with Crippen LogP contribution in [-0.4, -0.2) is 33.2 Å². The Morgan fingerprint density at radius 3 is 2.48 bits per heavy atom. The fourth-order valence-electron chi connectivity index (χ4n) is 2.56. The molecular formula is C17H16F2N4O3S. The van der Waals surface area contributed by atoms with Crippen LogP contribution in [0.5, 0.6) is 5.75 Å². The summed E-state index contributed by atoms with van der Waals surface area (Å²) in [6.07, 6.45) is 1.81. The van der Waals surface area contributed by atoms with Crippen molar-refractivity contribution in [3.63, 3.8) is 0 Å². The van der Waals surface area contributed by atoms with E-state index in [4.69, 9.17) is 0 Å². The number of Topliss-reactive ketones (excluding diaryl/α,β-unsaturated/α-hetero) is 1. The molecule has 0 unspecified atom stereocenters. The Morgan fingerprint density at radius 2 is 1.89 bits per heavy atom. The average molecular weight is 394 g/mol. The second kappa shape index (κ2) is 7.87. The molecule has 0 N–H and O–H groups in total. The third-order valence-electron chi connectivity index (χ3n) is 3.80. The van der Waals surface area contributed by atoms with Gasteiger partial charge in [0.1, 0.15) is 12.1 Å². The van der Waals surface area contributed by atoms with Crippen LogP contribution in [0.15, 0.2) is 40.7 Å². The van der Waals surface area contributed by atoms with E-state index < -0.39 is 6.61 Å². The minimum Gasteiger partial charge on any atom is -0.435 e. The first-order chi connectivity index (χ1) is 13.0. The number of thioether (sulfide) groups is 1. The number of fused-ring (bicyclic) bond motifs is 1. The Kier molecular flexibility index (Phi) is 5.54. The van der Waals surface area contributed by atoms with Crippen LogP contribution in [0.3, 0.4) is 0 Å². The van der Waals surface area contributed by atoms with Crippen LogP contribution in [0.4, 0.5) is 8.78 Å². The Hall–Kier alpha value is -2.75. The van der Waals surface area contributed by atoms with Crippen LogP contribution >= 0.6 is 11.8 Å². The van der Waals surface area contributed by atoms with Crippen LogP contribution in [0.2, 0.25) is 0 Å². The standard InChI is InChI=1S/C17H16F2N4O3S/c1-3-12(24)15-14(10-5-7-11(8-6-10)26-16(18)19)23(13(25)4-2)22-9-20-21-17(22)27-15/h5-9,16H,3-4H2,1-2H3. The lowest BCUT2D eigenvalue weighted by Crippen LogP contribution is -2.41. The lowest BCUT2D eigenvalue weighted by molar-refractivity contribution is -0.119. The van der Waals surface area contributed by atoms with Crippen molar-refractivity contribution >= 4 is 29.1 Å². The van der Waals surface area contributed by atoms with Gasteiger partial charge in [-0.05, 0) is 36.0 Å². The van der Waals surface area contributed by atoms with Crippen LogP contribution in [-0.2, 0) is 9.59 Å². The van der Waals surface area contributed by atoms with Crippen molar-refractivity contribution in [2.45, 2.75) is 38.5 Å². The van der Waals surface area contributed by atoms with E-state index in [2.05, 4.69) is 14.9 Å². The van der Waals surface area contributed by atoms with Gasteiger partial charge in [-0.25, -0.2) is 9.69 Å². The van der Waals surface area contributed by atoms with E-state index in [-0.39, 0.29) is 30.3 Å². The van der Waals surface area contributed by atoms with Gasteiger partial charge in [-0.3, -0.25) is 9.59 Å². The Bertz CT molecular complexity index is 896. The van der Waals surface area contributed by atoms with Gasteiger partial charge in [-0.2, -0.15) is 8.78 Å². The van der Waals surface area contributed by atoms with Gasteiger partial charge < -0.3 is 4.74 Å². The molecular weight excluding hydrogens is 378 g/mol. The molecule has 1 aromatic carbocycles. The van der Waals surface area contributed by atoms with Crippen molar-refractivity contribution in [2.75, 3.05) is 5.01 Å². The maximum absolute atomic E-state index is 12.7. The number of hydrogen-bond donors (Lipinski definition) is 0. The first kappa shape index (κ1) is 19.0. The van der Waals surface area contributed by atoms with Gasteiger partial charge in [-0.1, -0.05) is 13.8 Å². The highest BCUT2D eigenvalue weighted by Gasteiger charge is 2.34. The number of ketones is 1. The second-order valence-electron chi connectivity index (χ2n) is 5.48. The van der Waals surface area contributed by atoms with E-state index in [0.29, 0.717) is 21.3 Å². The topological polar surface area (TPSA) is 77.3 Å². The van der Waals surface area contributed by atoms with E-state index >= 15 is 0 Å². The summed E-state index contributed by atoms with van der Waals surface area (Å²) in [5.74, 6) is -0.439. The maximum Gasteiger partial charge on any atom is 0.387 e. The molecule has 7 nitrogen and oxygen atoms in total. The van der Waals surface area contributed by atoms with Gasteiger partial charge in [0.05, 0.1) is 10.6 Å². The molecule has 0 radical (unpaired) electrons. The Morgan fingerprint density at radius 1 is 1.19 bits per heavy atom. The molecule has 10 heteroatoms. The second-order valence-corrected chi connectivity index (χ2v) is 6.45. The van der Waals surface area contributed by atoms with Gasteiger partial charge in [0.25, 0.3) is 0 Å². The molecule has 0 saturated carbocycles. The zero-order valence-corrected chi connectivity index (χ0v) is 15.4. The van der Waals surface area contributed by atoms with Crippen molar-refractivity contribution in [3.05, 3.63) is 41.1 Å². The molecule has 1 aliphatic rings. The molecule has 2 heterocycles. The summed E-state index contributed by atoms with van der Waals surface area (Å²) < 4.78 is 30.6. The smallest absolute Gasteiger partial charge is 0.387 e. The largest absolute Gasteiger partial charge is 0.435 e. The van der Waals surface area contributed by atoms with Crippen LogP contribution < -0.4 is 9.75 Å². The lowest BCUT2D eigenvalue weighted by atomic mass is 10.1. The summed E-state index contributed by atoms with van der Waals surface area (Å²) in [4.78, 5) is 25.6. The zero-order chi connectivity index (χ0) is 19.6. The van der Waals surface area contributed by atoms with Crippen molar-refractivity contribution < 1.29 is 23.1 Å². The molecule has 142 valence electrons. The molecule has 0 saturated heterocycles. The van der Waals surface area contributed by atoms with E-state index in [1.54, 1.807) is 13.8 Å². The zero-order valence-electron chi connectivity index (χ0n) is 14.6. The number of carbonyl (C=O) groups excluding carboxylic acids is 2. The van der Waals surface area contributed by atoms with Crippen molar-refractivity contribution in [2.24, 2.45) is 0 Å². The van der Waals surface area contributed by atoms with E-state index in [1.807, 2.05) is 0 Å². The number of carbonyl (C=O) groups is 2. The maximum atomic E-state index is 12.7. The third kappa shape index (κ3) is 3.70. The van der Waals surface area contributed by atoms with Gasteiger partial charge >= 0.3 is 6.61 Å². The molecule has 0 aliphatic carbocycles. The number of aromatic nitrogens is 3. The van der Waals surface area contributed by atoms with Crippen LogP contribution in [0.1, 0.15) is 32.3 Å². The normalized spacial score (nSPS) is 13.7. The van der Waals surface area contributed by atoms with E-state index in [0.717, 1.165) is 11.8 Å². The van der Waals surface area contributed by atoms with Crippen LogP contribution in [0.25, 0.3) is 5.70 Å². The number of nitrogens with zero attached hydrogens (tertiary/aromatic N) is 4. The monoisotopic (exact) mass is 394 g/mol. The first-order valence-electron chi connectivity index (χ1n) is 8.20. The van der Waals surface area contributed by atoms with E-state index in [9.17, 15) is 18.4 Å². The third-order valence-corrected chi connectivity index (χ3v) is 4.88. The molecule has 0 atom stereocenters. The quantitative estimate of drug-likeness (QED) is 0.749. The van der Waals surface area contributed by atoms with E-state index in [1.165, 1.54) is 40.3 Å². The molecule has 1 aromatic heterocycles. The van der Waals surface area contributed by atoms with Crippen molar-refractivity contribution in [1.82, 2.24) is 14.9 Å². The van der Waals surface area contributed by atoms with Crippen LogP contribution in [0, 0.1) is 0 Å². The number of alkyl halides is 2. The number of rotatable bonds is 6. The van der Waals surface area contributed by atoms with Gasteiger partial charge in [-0.15, -0.1) is 10.2 Å². The highest BCUT2D eigenvalue weighted by Crippen LogP contribution is 2.40. The highest BCUT2D eigenvalue weighted by molar-refractivity contribution is 8.04. The lowest BCUT2D eigenvalue weighted by Gasteiger charge is -2.31. The molecule has 27 heavy (non-hydrogen) atoms. The summed E-state index contributed by atoms with van der Waals surface area (Å²) in [6, 6.07) is 5.79. The average Bonchev–Trinajstić information content (AvgIpc) is 3.13. The molecule has 0 fully saturated rings. The number of benzene rings is 1. The Balaban J connectivity index is 2.14. The van der Waals surface area contributed by atoms with Crippen molar-refractivity contribution in [1.29, 1.82) is 0 Å². The summed E-state index contributed by atoms with van der Waals surface area (Å²) in [6.45, 7) is 0.487. The minimum absolute atomic E-state index is 0.0143. The predicted octanol–water partition coefficient (Wildman–Crippen LogP) is 3.21. The fraction of sp³-hybridized carbons (Fsp3) is 0.294. The number of hydrogen-bond acceptors (Lipinski definition) is 6. The summed E-state index contributed by atoms with van der Waals surface area (Å²) in [5, 5.41) is 9.52. The molecule has 1 amide bonds. The predicted molar refractivity (Wildman–Crippen MR) is 94.7 cm³/mol. The summed E-state index contributed by atoms with van der Waals surface area (Å²) >= 11 is 1.12. The highest BCUT2D eigenvalue weighted by atomic mass is 32.2. The van der Waals surface area contributed by atoms with Gasteiger partial charge in [0, 0.05) is 18.4 Å². The fourth-order valence-corrected chi connectivity index (χ4v) is 3.61. The van der Waals surface area contributed by atoms with Gasteiger partial charge in [0.15, 0.2) is 5.78 Å². The molecule has 3 rings (SSSR count). The molecule has 0 spiro atoms.